The molecule has 1 N–H and O–H groups in total. The van der Waals surface area contributed by atoms with Gasteiger partial charge in [-0.05, 0) is 23.8 Å². The highest BCUT2D eigenvalue weighted by Gasteiger charge is 2.43. The summed E-state index contributed by atoms with van der Waals surface area (Å²) in [5.41, 5.74) is 2.94. The van der Waals surface area contributed by atoms with Crippen LogP contribution in [0.1, 0.15) is 11.6 Å². The molecule has 0 saturated heterocycles. The second-order valence-electron chi connectivity index (χ2n) is 6.08. The van der Waals surface area contributed by atoms with Crippen molar-refractivity contribution in [1.82, 2.24) is 10.2 Å². The highest BCUT2D eigenvalue weighted by molar-refractivity contribution is 6.31. The third-order valence-corrected chi connectivity index (χ3v) is 4.85. The number of carbonyl (C=O) groups is 2. The van der Waals surface area contributed by atoms with Crippen LogP contribution in [-0.4, -0.2) is 30.4 Å². The number of anilines is 1. The fourth-order valence-corrected chi connectivity index (χ4v) is 3.50. The number of amides is 3. The topological polar surface area (TPSA) is 52.7 Å². The van der Waals surface area contributed by atoms with E-state index in [4.69, 9.17) is 11.6 Å². The highest BCUT2D eigenvalue weighted by atomic mass is 35.5. The van der Waals surface area contributed by atoms with Crippen LogP contribution in [0, 0.1) is 0 Å². The van der Waals surface area contributed by atoms with Gasteiger partial charge in [-0.1, -0.05) is 48.0 Å². The third kappa shape index (κ3) is 2.57. The van der Waals surface area contributed by atoms with Gasteiger partial charge in [-0.3, -0.25) is 9.69 Å². The molecule has 4 rings (SSSR count). The lowest BCUT2D eigenvalue weighted by atomic mass is 9.96. The summed E-state index contributed by atoms with van der Waals surface area (Å²) in [6, 6.07) is 16.0. The Balaban J connectivity index is 1.77. The summed E-state index contributed by atoms with van der Waals surface area (Å²) in [4.78, 5) is 28.7. The predicted octanol–water partition coefficient (Wildman–Crippen LogP) is 3.34. The van der Waals surface area contributed by atoms with Gasteiger partial charge in [0.2, 0.25) is 0 Å². The first kappa shape index (κ1) is 15.7. The molecule has 25 heavy (non-hydrogen) atoms. The molecule has 2 aliphatic rings. The minimum absolute atomic E-state index is 0.113. The van der Waals surface area contributed by atoms with E-state index >= 15 is 0 Å². The van der Waals surface area contributed by atoms with E-state index in [0.29, 0.717) is 17.1 Å². The van der Waals surface area contributed by atoms with E-state index in [1.54, 1.807) is 24.1 Å². The van der Waals surface area contributed by atoms with Crippen molar-refractivity contribution in [1.29, 1.82) is 0 Å². The molecule has 0 aromatic heterocycles. The molecule has 2 aliphatic heterocycles. The molecule has 0 spiro atoms. The number of nitrogens with zero attached hydrogens (tertiary/aromatic N) is 2. The Morgan fingerprint density at radius 3 is 2.56 bits per heavy atom. The minimum atomic E-state index is -0.448. The SMILES string of the molecule is CN1C(=O)NC(c2ccccc2)C2=C1CN(c1cccc(Cl)c1)C2=O. The standard InChI is InChI=1S/C19H16ClN3O2/c1-22-15-11-23(14-9-5-8-13(20)10-14)18(24)16(15)17(21-19(22)25)12-6-3-2-4-7-12/h2-10,17H,11H2,1H3,(H,21,25). The number of hydrogen-bond donors (Lipinski definition) is 1. The molecule has 126 valence electrons. The molecule has 2 aromatic carbocycles. The molecule has 5 nitrogen and oxygen atoms in total. The number of carbonyl (C=O) groups excluding carboxylic acids is 2. The summed E-state index contributed by atoms with van der Waals surface area (Å²) in [6.07, 6.45) is 0. The first-order valence-electron chi connectivity index (χ1n) is 7.96. The maximum absolute atomic E-state index is 13.1. The number of benzene rings is 2. The van der Waals surface area contributed by atoms with Gasteiger partial charge >= 0.3 is 6.03 Å². The van der Waals surface area contributed by atoms with Gasteiger partial charge in [0.05, 0.1) is 23.9 Å². The van der Waals surface area contributed by atoms with E-state index in [0.717, 1.165) is 16.9 Å². The number of likely N-dealkylation sites (N-methyl/N-ethyl adjacent to an activating group) is 1. The Morgan fingerprint density at radius 2 is 1.84 bits per heavy atom. The van der Waals surface area contributed by atoms with E-state index in [1.807, 2.05) is 42.5 Å². The molecule has 6 heteroatoms. The molecule has 0 aliphatic carbocycles. The molecule has 3 amide bonds. The fourth-order valence-electron chi connectivity index (χ4n) is 3.32. The second-order valence-corrected chi connectivity index (χ2v) is 6.52. The molecule has 0 radical (unpaired) electrons. The van der Waals surface area contributed by atoms with Crippen molar-refractivity contribution in [2.75, 3.05) is 18.5 Å². The van der Waals surface area contributed by atoms with Gasteiger partial charge in [-0.25, -0.2) is 4.79 Å². The second kappa shape index (κ2) is 5.93. The Kier molecular flexibility index (Phi) is 3.73. The molecule has 2 heterocycles. The van der Waals surface area contributed by atoms with E-state index in [-0.39, 0.29) is 11.9 Å². The summed E-state index contributed by atoms with van der Waals surface area (Å²) in [6.45, 7) is 0.349. The number of nitrogens with one attached hydrogen (secondary N) is 1. The fraction of sp³-hybridized carbons (Fsp3) is 0.158. The van der Waals surface area contributed by atoms with Gasteiger partial charge in [0.15, 0.2) is 0 Å². The lowest BCUT2D eigenvalue weighted by Gasteiger charge is -2.31. The van der Waals surface area contributed by atoms with E-state index < -0.39 is 6.04 Å². The lowest BCUT2D eigenvalue weighted by molar-refractivity contribution is -0.114. The van der Waals surface area contributed by atoms with Crippen LogP contribution >= 0.6 is 11.6 Å². The van der Waals surface area contributed by atoms with Crippen LogP contribution in [-0.2, 0) is 4.79 Å². The average molecular weight is 354 g/mol. The zero-order chi connectivity index (χ0) is 17.6. The van der Waals surface area contributed by atoms with Crippen LogP contribution in [0.5, 0.6) is 0 Å². The summed E-state index contributed by atoms with van der Waals surface area (Å²) < 4.78 is 0. The van der Waals surface area contributed by atoms with Crippen molar-refractivity contribution in [3.05, 3.63) is 76.5 Å². The lowest BCUT2D eigenvalue weighted by Crippen LogP contribution is -2.45. The summed E-state index contributed by atoms with van der Waals surface area (Å²) in [7, 11) is 1.68. The van der Waals surface area contributed by atoms with Crippen LogP contribution < -0.4 is 10.2 Å². The van der Waals surface area contributed by atoms with Crippen molar-refractivity contribution in [2.45, 2.75) is 6.04 Å². The average Bonchev–Trinajstić information content (AvgIpc) is 2.97. The van der Waals surface area contributed by atoms with Crippen LogP contribution in [0.15, 0.2) is 65.9 Å². The molecule has 0 saturated carbocycles. The molecule has 1 atom stereocenters. The molecule has 2 aromatic rings. The van der Waals surface area contributed by atoms with Crippen LogP contribution in [0.4, 0.5) is 10.5 Å². The first-order chi connectivity index (χ1) is 12.1. The molecule has 0 fully saturated rings. The Morgan fingerprint density at radius 1 is 1.08 bits per heavy atom. The number of hydrogen-bond acceptors (Lipinski definition) is 2. The predicted molar refractivity (Wildman–Crippen MR) is 96.3 cm³/mol. The number of urea groups is 1. The number of halogens is 1. The van der Waals surface area contributed by atoms with Gasteiger partial charge in [0.25, 0.3) is 5.91 Å². The quantitative estimate of drug-likeness (QED) is 0.900. The zero-order valence-corrected chi connectivity index (χ0v) is 14.3. The van der Waals surface area contributed by atoms with Crippen LogP contribution in [0.2, 0.25) is 5.02 Å². The van der Waals surface area contributed by atoms with Gasteiger partial charge in [0, 0.05) is 17.8 Å². The van der Waals surface area contributed by atoms with Crippen molar-refractivity contribution in [3.63, 3.8) is 0 Å². The molecular weight excluding hydrogens is 338 g/mol. The van der Waals surface area contributed by atoms with Gasteiger partial charge in [-0.2, -0.15) is 0 Å². The highest BCUT2D eigenvalue weighted by Crippen LogP contribution is 2.37. The van der Waals surface area contributed by atoms with Crippen molar-refractivity contribution in [3.8, 4) is 0 Å². The van der Waals surface area contributed by atoms with Crippen LogP contribution in [0.25, 0.3) is 0 Å². The minimum Gasteiger partial charge on any atom is -0.327 e. The van der Waals surface area contributed by atoms with Crippen molar-refractivity contribution >= 4 is 29.2 Å². The first-order valence-corrected chi connectivity index (χ1v) is 8.33. The largest absolute Gasteiger partial charge is 0.327 e. The van der Waals surface area contributed by atoms with E-state index in [2.05, 4.69) is 5.32 Å². The van der Waals surface area contributed by atoms with E-state index in [9.17, 15) is 9.59 Å². The Hall–Kier alpha value is -2.79. The van der Waals surface area contributed by atoms with Gasteiger partial charge < -0.3 is 10.2 Å². The zero-order valence-electron chi connectivity index (χ0n) is 13.6. The number of rotatable bonds is 2. The normalized spacial score (nSPS) is 20.0. The van der Waals surface area contributed by atoms with Crippen molar-refractivity contribution in [2.24, 2.45) is 0 Å². The smallest absolute Gasteiger partial charge is 0.322 e. The Bertz CT molecular complexity index is 895. The summed E-state index contributed by atoms with van der Waals surface area (Å²) >= 11 is 6.07. The molecule has 1 unspecified atom stereocenters. The monoisotopic (exact) mass is 353 g/mol. The van der Waals surface area contributed by atoms with E-state index in [1.165, 1.54) is 4.90 Å². The van der Waals surface area contributed by atoms with Gasteiger partial charge in [-0.15, -0.1) is 0 Å². The maximum Gasteiger partial charge on any atom is 0.322 e. The maximum atomic E-state index is 13.1. The van der Waals surface area contributed by atoms with Crippen LogP contribution in [0.3, 0.4) is 0 Å². The summed E-state index contributed by atoms with van der Waals surface area (Å²) in [5.74, 6) is -0.113. The third-order valence-electron chi connectivity index (χ3n) is 4.61. The Labute approximate surface area is 150 Å². The summed E-state index contributed by atoms with van der Waals surface area (Å²) in [5, 5.41) is 3.49. The van der Waals surface area contributed by atoms with Gasteiger partial charge in [0.1, 0.15) is 0 Å². The molecule has 0 bridgehead atoms. The molecular formula is C19H16ClN3O2. The van der Waals surface area contributed by atoms with Crippen molar-refractivity contribution < 1.29 is 9.59 Å².